The van der Waals surface area contributed by atoms with E-state index in [1.807, 2.05) is 30.0 Å². The van der Waals surface area contributed by atoms with Crippen molar-refractivity contribution < 1.29 is 9.47 Å². The van der Waals surface area contributed by atoms with E-state index in [1.165, 1.54) is 0 Å². The van der Waals surface area contributed by atoms with Gasteiger partial charge in [0.25, 0.3) is 0 Å². The number of aliphatic imine (C=N–C) groups is 1. The van der Waals surface area contributed by atoms with Crippen LogP contribution in [0.2, 0.25) is 0 Å². The van der Waals surface area contributed by atoms with Crippen LogP contribution < -0.4 is 15.4 Å². The maximum atomic E-state index is 6.10. The largest absolute Gasteiger partial charge is 0.488 e. The molecule has 1 fully saturated rings. The van der Waals surface area contributed by atoms with Gasteiger partial charge in [0, 0.05) is 36.6 Å². The summed E-state index contributed by atoms with van der Waals surface area (Å²) in [6.07, 6.45) is 2.17. The average molecular weight is 408 g/mol. The molecule has 2 rings (SSSR count). The zero-order chi connectivity index (χ0) is 20.5. The van der Waals surface area contributed by atoms with E-state index in [9.17, 15) is 0 Å². The van der Waals surface area contributed by atoms with E-state index in [2.05, 4.69) is 51.3 Å². The highest BCUT2D eigenvalue weighted by Gasteiger charge is 2.32. The first-order valence-corrected chi connectivity index (χ1v) is 11.4. The Bertz CT molecular complexity index is 617. The Labute approximate surface area is 175 Å². The van der Waals surface area contributed by atoms with Gasteiger partial charge in [-0.3, -0.25) is 0 Å². The summed E-state index contributed by atoms with van der Waals surface area (Å²) in [5, 5.41) is 6.95. The van der Waals surface area contributed by atoms with Crippen LogP contribution in [0, 0.1) is 0 Å². The predicted octanol–water partition coefficient (Wildman–Crippen LogP) is 4.22. The van der Waals surface area contributed by atoms with Gasteiger partial charge in [0.15, 0.2) is 5.96 Å². The fraction of sp³-hybridized carbons (Fsp3) is 0.682. The van der Waals surface area contributed by atoms with Gasteiger partial charge >= 0.3 is 0 Å². The minimum Gasteiger partial charge on any atom is -0.488 e. The molecule has 0 unspecified atom stereocenters. The monoisotopic (exact) mass is 407 g/mol. The van der Waals surface area contributed by atoms with Crippen LogP contribution in [0.5, 0.6) is 5.75 Å². The van der Waals surface area contributed by atoms with Crippen LogP contribution in [-0.2, 0) is 11.3 Å². The second kappa shape index (κ2) is 11.0. The molecule has 1 saturated heterocycles. The summed E-state index contributed by atoms with van der Waals surface area (Å²) in [6.45, 7) is 14.5. The molecular formula is C22H37N3O2S. The van der Waals surface area contributed by atoms with Crippen molar-refractivity contribution in [3.05, 3.63) is 29.8 Å². The average Bonchev–Trinajstić information content (AvgIpc) is 2.65. The molecule has 28 heavy (non-hydrogen) atoms. The highest BCUT2D eigenvalue weighted by Crippen LogP contribution is 2.34. The van der Waals surface area contributed by atoms with Crippen LogP contribution in [0.4, 0.5) is 0 Å². The molecule has 0 aromatic heterocycles. The minimum absolute atomic E-state index is 0.227. The van der Waals surface area contributed by atoms with Gasteiger partial charge in [-0.05, 0) is 52.4 Å². The van der Waals surface area contributed by atoms with E-state index in [0.717, 1.165) is 62.2 Å². The molecule has 6 heteroatoms. The highest BCUT2D eigenvalue weighted by atomic mass is 32.2. The maximum absolute atomic E-state index is 6.10. The molecule has 0 aliphatic carbocycles. The Morgan fingerprint density at radius 1 is 1.18 bits per heavy atom. The number of para-hydroxylation sites is 1. The molecule has 0 bridgehead atoms. The molecule has 5 nitrogen and oxygen atoms in total. The Morgan fingerprint density at radius 3 is 2.54 bits per heavy atom. The fourth-order valence-electron chi connectivity index (χ4n) is 3.24. The van der Waals surface area contributed by atoms with Crippen LogP contribution in [0.1, 0.15) is 53.0 Å². The zero-order valence-electron chi connectivity index (χ0n) is 18.1. The van der Waals surface area contributed by atoms with Gasteiger partial charge in [0.1, 0.15) is 11.4 Å². The van der Waals surface area contributed by atoms with E-state index in [4.69, 9.17) is 14.5 Å². The number of thioether (sulfide) groups is 1. The van der Waals surface area contributed by atoms with E-state index < -0.39 is 0 Å². The summed E-state index contributed by atoms with van der Waals surface area (Å²) in [4.78, 5) is 4.82. The predicted molar refractivity (Wildman–Crippen MR) is 121 cm³/mol. The third-order valence-electron chi connectivity index (χ3n) is 4.57. The molecule has 0 radical (unpaired) electrons. The molecular weight excluding hydrogens is 370 g/mol. The van der Waals surface area contributed by atoms with Crippen LogP contribution in [-0.4, -0.2) is 48.4 Å². The molecule has 0 amide bonds. The van der Waals surface area contributed by atoms with Gasteiger partial charge in [-0.1, -0.05) is 25.1 Å². The minimum atomic E-state index is -0.227. The standard InChI is InChI=1S/C22H37N3O2S/c1-6-23-20(25-17-22(28-7-2)12-14-26-15-13-22)24-16-18-10-8-9-11-19(18)27-21(3,4)5/h8-11H,6-7,12-17H2,1-5H3,(H2,23,24,25). The van der Waals surface area contributed by atoms with Gasteiger partial charge in [-0.2, -0.15) is 11.8 Å². The number of guanidine groups is 1. The molecule has 1 aliphatic rings. The third kappa shape index (κ3) is 7.55. The van der Waals surface area contributed by atoms with Gasteiger partial charge in [0.05, 0.1) is 6.54 Å². The first kappa shape index (κ1) is 22.9. The zero-order valence-corrected chi connectivity index (χ0v) is 19.0. The molecule has 158 valence electrons. The normalized spacial score (nSPS) is 17.2. The van der Waals surface area contributed by atoms with E-state index in [1.54, 1.807) is 0 Å². The van der Waals surface area contributed by atoms with Crippen LogP contribution in [0.3, 0.4) is 0 Å². The lowest BCUT2D eigenvalue weighted by molar-refractivity contribution is 0.0782. The first-order chi connectivity index (χ1) is 13.4. The van der Waals surface area contributed by atoms with Crippen molar-refractivity contribution in [3.63, 3.8) is 0 Å². The SMILES string of the molecule is CCNC(=NCc1ccccc1OC(C)(C)C)NCC1(SCC)CCOCC1. The number of nitrogens with one attached hydrogen (secondary N) is 2. The third-order valence-corrected chi connectivity index (χ3v) is 6.03. The smallest absolute Gasteiger partial charge is 0.191 e. The number of benzene rings is 1. The summed E-state index contributed by atoms with van der Waals surface area (Å²) < 4.78 is 11.9. The Balaban J connectivity index is 2.06. The lowest BCUT2D eigenvalue weighted by atomic mass is 9.99. The topological polar surface area (TPSA) is 54.9 Å². The molecule has 2 N–H and O–H groups in total. The summed E-state index contributed by atoms with van der Waals surface area (Å²) in [5.41, 5.74) is 0.869. The lowest BCUT2D eigenvalue weighted by Gasteiger charge is -2.37. The van der Waals surface area contributed by atoms with Gasteiger partial charge in [-0.25, -0.2) is 4.99 Å². The number of nitrogens with zero attached hydrogens (tertiary/aromatic N) is 1. The molecule has 1 aliphatic heterocycles. The quantitative estimate of drug-likeness (QED) is 0.499. The van der Waals surface area contributed by atoms with Crippen molar-refractivity contribution in [3.8, 4) is 5.75 Å². The number of rotatable bonds is 8. The van der Waals surface area contributed by atoms with Gasteiger partial charge in [-0.15, -0.1) is 0 Å². The highest BCUT2D eigenvalue weighted by molar-refractivity contribution is 8.00. The molecule has 1 aromatic carbocycles. The van der Waals surface area contributed by atoms with Gasteiger partial charge in [0.2, 0.25) is 0 Å². The fourth-order valence-corrected chi connectivity index (χ4v) is 4.48. The Kier molecular flexibility index (Phi) is 8.96. The molecule has 1 aromatic rings. The Hall–Kier alpha value is -1.40. The number of hydrogen-bond acceptors (Lipinski definition) is 4. The van der Waals surface area contributed by atoms with Gasteiger partial charge < -0.3 is 20.1 Å². The van der Waals surface area contributed by atoms with Crippen molar-refractivity contribution >= 4 is 17.7 Å². The Morgan fingerprint density at radius 2 is 1.89 bits per heavy atom. The number of ether oxygens (including phenoxy) is 2. The van der Waals surface area contributed by atoms with E-state index in [-0.39, 0.29) is 10.3 Å². The molecule has 1 heterocycles. The number of hydrogen-bond donors (Lipinski definition) is 2. The van der Waals surface area contributed by atoms with Crippen LogP contribution >= 0.6 is 11.8 Å². The molecule has 0 spiro atoms. The lowest BCUT2D eigenvalue weighted by Crippen LogP contribution is -2.48. The molecule has 0 saturated carbocycles. The van der Waals surface area contributed by atoms with Crippen molar-refractivity contribution in [2.45, 2.75) is 64.4 Å². The van der Waals surface area contributed by atoms with Crippen molar-refractivity contribution in [1.29, 1.82) is 0 Å². The first-order valence-electron chi connectivity index (χ1n) is 10.4. The summed E-state index contributed by atoms with van der Waals surface area (Å²) in [7, 11) is 0. The maximum Gasteiger partial charge on any atom is 0.191 e. The summed E-state index contributed by atoms with van der Waals surface area (Å²) in [5.74, 6) is 2.88. The molecule has 0 atom stereocenters. The summed E-state index contributed by atoms with van der Waals surface area (Å²) >= 11 is 2.04. The summed E-state index contributed by atoms with van der Waals surface area (Å²) in [6, 6.07) is 8.15. The van der Waals surface area contributed by atoms with Crippen molar-refractivity contribution in [1.82, 2.24) is 10.6 Å². The van der Waals surface area contributed by atoms with E-state index >= 15 is 0 Å². The second-order valence-electron chi connectivity index (χ2n) is 8.10. The van der Waals surface area contributed by atoms with Crippen LogP contribution in [0.25, 0.3) is 0 Å². The van der Waals surface area contributed by atoms with Crippen LogP contribution in [0.15, 0.2) is 29.3 Å². The van der Waals surface area contributed by atoms with E-state index in [0.29, 0.717) is 6.54 Å². The van der Waals surface area contributed by atoms with Crippen molar-refractivity contribution in [2.75, 3.05) is 32.1 Å². The van der Waals surface area contributed by atoms with Crippen molar-refractivity contribution in [2.24, 2.45) is 4.99 Å². The second-order valence-corrected chi connectivity index (χ2v) is 9.83.